The van der Waals surface area contributed by atoms with E-state index in [0.29, 0.717) is 56.0 Å². The molecule has 2 aliphatic heterocycles. The third-order valence-corrected chi connectivity index (χ3v) is 7.03. The number of carbonyl (C=O) groups excluding carboxylic acids is 3. The molecule has 0 radical (unpaired) electrons. The van der Waals surface area contributed by atoms with Crippen LogP contribution >= 0.6 is 0 Å². The second-order valence-corrected chi connectivity index (χ2v) is 9.37. The Balaban J connectivity index is 1.34. The minimum Gasteiger partial charge on any atom is -0.486 e. The molecule has 198 valence electrons. The van der Waals surface area contributed by atoms with Crippen molar-refractivity contribution in [2.45, 2.75) is 44.4 Å². The number of morpholine rings is 1. The summed E-state index contributed by atoms with van der Waals surface area (Å²) >= 11 is 0. The second-order valence-electron chi connectivity index (χ2n) is 9.37. The summed E-state index contributed by atoms with van der Waals surface area (Å²) < 4.78 is 16.5. The van der Waals surface area contributed by atoms with Crippen molar-refractivity contribution >= 4 is 29.9 Å². The number of ether oxygens (including phenoxy) is 3. The lowest BCUT2D eigenvalue weighted by atomic mass is 9.92. The third kappa shape index (κ3) is 5.16. The van der Waals surface area contributed by atoms with Gasteiger partial charge < -0.3 is 19.1 Å². The van der Waals surface area contributed by atoms with E-state index >= 15 is 0 Å². The maximum absolute atomic E-state index is 13.3. The molecule has 4 heterocycles. The number of urea groups is 1. The van der Waals surface area contributed by atoms with Gasteiger partial charge in [0.25, 0.3) is 0 Å². The van der Waals surface area contributed by atoms with E-state index in [1.165, 1.54) is 17.2 Å². The summed E-state index contributed by atoms with van der Waals surface area (Å²) in [5.41, 5.74) is 1.90. The number of anilines is 2. The van der Waals surface area contributed by atoms with Crippen LogP contribution in [0.2, 0.25) is 0 Å². The molecule has 38 heavy (non-hydrogen) atoms. The van der Waals surface area contributed by atoms with Crippen molar-refractivity contribution in [2.24, 2.45) is 0 Å². The lowest BCUT2D eigenvalue weighted by Crippen LogP contribution is -2.43. The summed E-state index contributed by atoms with van der Waals surface area (Å²) in [6.45, 7) is 1.57. The number of hydrogen-bond acceptors (Lipinski definition) is 9. The molecule has 2 fully saturated rings. The van der Waals surface area contributed by atoms with Crippen LogP contribution in [0.15, 0.2) is 18.3 Å². The van der Waals surface area contributed by atoms with Gasteiger partial charge in [-0.15, -0.1) is 0 Å². The lowest BCUT2D eigenvalue weighted by Gasteiger charge is -2.35. The molecule has 0 unspecified atom stereocenters. The summed E-state index contributed by atoms with van der Waals surface area (Å²) in [5.74, 6) is 0.810. The van der Waals surface area contributed by atoms with Crippen LogP contribution in [-0.4, -0.2) is 78.7 Å². The van der Waals surface area contributed by atoms with Crippen molar-refractivity contribution in [3.05, 3.63) is 40.7 Å². The number of aldehydes is 1. The highest BCUT2D eigenvalue weighted by atomic mass is 16.5. The quantitative estimate of drug-likeness (QED) is 0.542. The van der Waals surface area contributed by atoms with Crippen molar-refractivity contribution in [2.75, 3.05) is 43.6 Å². The first-order valence-corrected chi connectivity index (χ1v) is 12.5. The minimum atomic E-state index is -0.465. The van der Waals surface area contributed by atoms with E-state index in [2.05, 4.69) is 21.4 Å². The average Bonchev–Trinajstić information content (AvgIpc) is 2.92. The molecular weight excluding hydrogens is 492 g/mol. The molecule has 5 rings (SSSR count). The van der Waals surface area contributed by atoms with Crippen LogP contribution in [-0.2, 0) is 27.2 Å². The van der Waals surface area contributed by atoms with E-state index in [0.717, 1.165) is 18.4 Å². The smallest absolute Gasteiger partial charge is 0.328 e. The monoisotopic (exact) mass is 520 g/mol. The number of nitriles is 1. The number of nitrogens with zero attached hydrogens (tertiary/aromatic N) is 5. The normalized spacial score (nSPS) is 20.7. The number of methoxy groups -OCH3 is 1. The van der Waals surface area contributed by atoms with Crippen LogP contribution in [0.3, 0.4) is 0 Å². The first kappa shape index (κ1) is 25.6. The van der Waals surface area contributed by atoms with E-state index in [1.807, 2.05) is 6.07 Å². The second kappa shape index (κ2) is 11.1. The number of fused-ring (bicyclic) bond motifs is 1. The fraction of sp³-hybridized carbons (Fsp3) is 0.462. The lowest BCUT2D eigenvalue weighted by molar-refractivity contribution is -0.143. The molecule has 2 aromatic heterocycles. The van der Waals surface area contributed by atoms with Crippen molar-refractivity contribution in [1.29, 1.82) is 5.26 Å². The topological polar surface area (TPSA) is 147 Å². The predicted molar refractivity (Wildman–Crippen MR) is 134 cm³/mol. The van der Waals surface area contributed by atoms with E-state index < -0.39 is 6.03 Å². The summed E-state index contributed by atoms with van der Waals surface area (Å²) in [4.78, 5) is 49.2. The maximum atomic E-state index is 13.3. The molecule has 3 aliphatic rings. The molecule has 0 aromatic carbocycles. The number of aromatic nitrogens is 2. The van der Waals surface area contributed by atoms with Gasteiger partial charge in [-0.3, -0.25) is 19.8 Å². The molecule has 1 N–H and O–H groups in total. The van der Waals surface area contributed by atoms with Crippen molar-refractivity contribution in [3.8, 4) is 11.8 Å². The molecule has 3 amide bonds. The van der Waals surface area contributed by atoms with Crippen molar-refractivity contribution in [3.63, 3.8) is 0 Å². The summed E-state index contributed by atoms with van der Waals surface area (Å²) in [7, 11) is 1.62. The largest absolute Gasteiger partial charge is 0.486 e. The van der Waals surface area contributed by atoms with Gasteiger partial charge in [-0.25, -0.2) is 14.8 Å². The number of rotatable bonds is 7. The molecule has 12 nitrogen and oxygen atoms in total. The van der Waals surface area contributed by atoms with Gasteiger partial charge in [0, 0.05) is 38.4 Å². The van der Waals surface area contributed by atoms with Crippen LogP contribution in [0.25, 0.3) is 0 Å². The molecule has 2 aromatic rings. The Morgan fingerprint density at radius 1 is 1.32 bits per heavy atom. The Kier molecular flexibility index (Phi) is 7.48. The molecule has 1 aliphatic carbocycles. The number of hydrogen-bond donors (Lipinski definition) is 1. The number of carbonyl (C=O) groups is 3. The van der Waals surface area contributed by atoms with Gasteiger partial charge in [0.1, 0.15) is 47.4 Å². The zero-order valence-corrected chi connectivity index (χ0v) is 21.0. The third-order valence-electron chi connectivity index (χ3n) is 7.03. The predicted octanol–water partition coefficient (Wildman–Crippen LogP) is 2.06. The number of aryl methyl sites for hydroxylation is 1. The number of amides is 3. The van der Waals surface area contributed by atoms with Gasteiger partial charge in [-0.1, -0.05) is 0 Å². The highest BCUT2D eigenvalue weighted by molar-refractivity contribution is 6.01. The molecule has 0 spiro atoms. The number of nitrogens with one attached hydrogen (secondary N) is 1. The molecule has 1 saturated carbocycles. The zero-order chi connectivity index (χ0) is 26.6. The SMILES string of the molecule is CO[C@H]1CC[C@@H]1Oc1cc(NC(=O)N2CCCc3cc(CN4CCOCC4=O)c(C=O)nc32)ncc1C#N. The standard InChI is InChI=1S/C26H28N6O6/c1-36-20-4-5-21(20)38-22-10-23(28-12-18(22)11-27)30-26(35)32-6-2-3-16-9-17(19(14-33)29-25(16)32)13-31-7-8-37-15-24(31)34/h9-10,12,14,20-21H,2-8,13,15H2,1H3,(H,28,30,35)/t20-,21-/m0/s1. The summed E-state index contributed by atoms with van der Waals surface area (Å²) in [6.07, 6.45) is 4.87. The van der Waals surface area contributed by atoms with Crippen LogP contribution in [0.4, 0.5) is 16.4 Å². The van der Waals surface area contributed by atoms with Gasteiger partial charge >= 0.3 is 6.03 Å². The summed E-state index contributed by atoms with van der Waals surface area (Å²) in [6, 6.07) is 4.98. The van der Waals surface area contributed by atoms with E-state index in [9.17, 15) is 19.6 Å². The van der Waals surface area contributed by atoms with Gasteiger partial charge in [-0.05, 0) is 37.3 Å². The van der Waals surface area contributed by atoms with Gasteiger partial charge in [-0.2, -0.15) is 5.26 Å². The van der Waals surface area contributed by atoms with Crippen molar-refractivity contribution < 1.29 is 28.6 Å². The van der Waals surface area contributed by atoms with Crippen LogP contribution < -0.4 is 15.0 Å². The van der Waals surface area contributed by atoms with Crippen LogP contribution in [0.5, 0.6) is 5.75 Å². The Labute approximate surface area is 219 Å². The average molecular weight is 521 g/mol. The van der Waals surface area contributed by atoms with E-state index in [-0.39, 0.29) is 48.3 Å². The fourth-order valence-electron chi connectivity index (χ4n) is 4.78. The Morgan fingerprint density at radius 3 is 2.87 bits per heavy atom. The highest BCUT2D eigenvalue weighted by Crippen LogP contribution is 2.32. The molecular formula is C26H28N6O6. The fourth-order valence-corrected chi connectivity index (χ4v) is 4.78. The van der Waals surface area contributed by atoms with Gasteiger partial charge in [0.2, 0.25) is 5.91 Å². The molecule has 1 saturated heterocycles. The Morgan fingerprint density at radius 2 is 2.16 bits per heavy atom. The number of pyridine rings is 2. The van der Waals surface area contributed by atoms with Gasteiger partial charge in [0.05, 0.1) is 18.9 Å². The molecule has 0 bridgehead atoms. The summed E-state index contributed by atoms with van der Waals surface area (Å²) in [5, 5.41) is 12.2. The highest BCUT2D eigenvalue weighted by Gasteiger charge is 2.34. The van der Waals surface area contributed by atoms with Crippen LogP contribution in [0.1, 0.15) is 46.4 Å². The van der Waals surface area contributed by atoms with Crippen LogP contribution in [0, 0.1) is 11.3 Å². The zero-order valence-electron chi connectivity index (χ0n) is 21.0. The molecule has 12 heteroatoms. The molecule has 2 atom stereocenters. The Hall–Kier alpha value is -4.08. The first-order valence-electron chi connectivity index (χ1n) is 12.5. The minimum absolute atomic E-state index is 0.0203. The Bertz CT molecular complexity index is 1290. The maximum Gasteiger partial charge on any atom is 0.328 e. The van der Waals surface area contributed by atoms with E-state index in [4.69, 9.17) is 14.2 Å². The van der Waals surface area contributed by atoms with Gasteiger partial charge in [0.15, 0.2) is 6.29 Å². The first-order chi connectivity index (χ1) is 18.5. The van der Waals surface area contributed by atoms with E-state index in [1.54, 1.807) is 12.0 Å². The van der Waals surface area contributed by atoms with Crippen molar-refractivity contribution in [1.82, 2.24) is 14.9 Å².